The molecule has 0 spiro atoms. The summed E-state index contributed by atoms with van der Waals surface area (Å²) in [5.41, 5.74) is 8.64. The molecule has 0 aliphatic rings. The molecule has 0 saturated heterocycles. The highest BCUT2D eigenvalue weighted by Gasteiger charge is 2.13. The predicted molar refractivity (Wildman–Crippen MR) is 76.8 cm³/mol. The molecular weight excluding hydrogens is 272 g/mol. The van der Waals surface area contributed by atoms with E-state index in [-0.39, 0.29) is 5.69 Å². The lowest BCUT2D eigenvalue weighted by atomic mass is 10.3. The summed E-state index contributed by atoms with van der Waals surface area (Å²) in [7, 11) is 1.81. The molecule has 0 radical (unpaired) electrons. The Morgan fingerprint density at radius 2 is 1.95 bits per heavy atom. The van der Waals surface area contributed by atoms with Crippen LogP contribution in [-0.4, -0.2) is 24.5 Å². The third kappa shape index (κ3) is 2.22. The van der Waals surface area contributed by atoms with Crippen LogP contribution >= 0.6 is 0 Å². The van der Waals surface area contributed by atoms with Gasteiger partial charge in [-0.3, -0.25) is 14.8 Å². The van der Waals surface area contributed by atoms with Crippen LogP contribution in [-0.2, 0) is 7.05 Å². The number of nitrogens with two attached hydrogens (primary N) is 1. The number of benzene rings is 1. The molecule has 106 valence electrons. The Kier molecular flexibility index (Phi) is 2.90. The van der Waals surface area contributed by atoms with Crippen LogP contribution < -0.4 is 5.73 Å². The highest BCUT2D eigenvalue weighted by Crippen LogP contribution is 2.25. The van der Waals surface area contributed by atoms with Crippen molar-refractivity contribution in [1.82, 2.24) is 19.6 Å². The summed E-state index contributed by atoms with van der Waals surface area (Å²) >= 11 is 0. The van der Waals surface area contributed by atoms with E-state index >= 15 is 0 Å². The summed E-state index contributed by atoms with van der Waals surface area (Å²) in [6.07, 6.45) is 3.34. The second-order valence-corrected chi connectivity index (χ2v) is 4.49. The monoisotopic (exact) mass is 284 g/mol. The van der Waals surface area contributed by atoms with Gasteiger partial charge in [-0.05, 0) is 18.2 Å². The molecular formula is C13H12N6O2. The standard InChI is InChI=1S/C13H12N6O2/c1-17-12(6-7-15-17)13-11(14)8-18(16-13)9-2-4-10(5-3-9)19(20)21/h2-8H,14H2,1H3. The van der Waals surface area contributed by atoms with E-state index in [1.165, 1.54) is 12.1 Å². The van der Waals surface area contributed by atoms with Gasteiger partial charge in [0.1, 0.15) is 5.69 Å². The SMILES string of the molecule is Cn1nccc1-c1nn(-c2ccc([N+](=O)[O-])cc2)cc1N. The van der Waals surface area contributed by atoms with Crippen molar-refractivity contribution in [3.63, 3.8) is 0 Å². The summed E-state index contributed by atoms with van der Waals surface area (Å²) in [5.74, 6) is 0. The van der Waals surface area contributed by atoms with Crippen LogP contribution in [0.1, 0.15) is 0 Å². The normalized spacial score (nSPS) is 10.7. The van der Waals surface area contributed by atoms with Crippen molar-refractivity contribution in [3.05, 3.63) is 52.8 Å². The maximum Gasteiger partial charge on any atom is 0.269 e. The molecule has 3 aromatic rings. The van der Waals surface area contributed by atoms with Crippen LogP contribution in [0.15, 0.2) is 42.7 Å². The Bertz CT molecular complexity index is 802. The Hall–Kier alpha value is -3.16. The van der Waals surface area contributed by atoms with Crippen LogP contribution in [0.3, 0.4) is 0 Å². The van der Waals surface area contributed by atoms with Crippen molar-refractivity contribution in [2.45, 2.75) is 0 Å². The minimum Gasteiger partial charge on any atom is -0.396 e. The van der Waals surface area contributed by atoms with E-state index in [1.54, 1.807) is 40.9 Å². The molecule has 3 rings (SSSR count). The van der Waals surface area contributed by atoms with E-state index in [2.05, 4.69) is 10.2 Å². The van der Waals surface area contributed by atoms with Gasteiger partial charge in [0, 0.05) is 25.4 Å². The fourth-order valence-electron chi connectivity index (χ4n) is 2.05. The fourth-order valence-corrected chi connectivity index (χ4v) is 2.05. The van der Waals surface area contributed by atoms with Crippen molar-refractivity contribution in [2.24, 2.45) is 7.05 Å². The summed E-state index contributed by atoms with van der Waals surface area (Å²) in [6, 6.07) is 7.92. The molecule has 0 fully saturated rings. The molecule has 1 aromatic carbocycles. The van der Waals surface area contributed by atoms with Gasteiger partial charge in [-0.2, -0.15) is 10.2 Å². The summed E-state index contributed by atoms with van der Waals surface area (Å²) in [6.45, 7) is 0. The third-order valence-electron chi connectivity index (χ3n) is 3.13. The molecule has 8 nitrogen and oxygen atoms in total. The maximum atomic E-state index is 10.7. The molecule has 0 aliphatic carbocycles. The molecule has 0 unspecified atom stereocenters. The first-order chi connectivity index (χ1) is 10.1. The zero-order valence-corrected chi connectivity index (χ0v) is 11.2. The lowest BCUT2D eigenvalue weighted by Crippen LogP contribution is -1.98. The van der Waals surface area contributed by atoms with Gasteiger partial charge in [0.15, 0.2) is 0 Å². The highest BCUT2D eigenvalue weighted by atomic mass is 16.6. The number of aryl methyl sites for hydroxylation is 1. The summed E-state index contributed by atoms with van der Waals surface area (Å²) < 4.78 is 3.26. The van der Waals surface area contributed by atoms with Crippen molar-refractivity contribution in [2.75, 3.05) is 5.73 Å². The van der Waals surface area contributed by atoms with Crippen molar-refractivity contribution >= 4 is 11.4 Å². The average Bonchev–Trinajstić information content (AvgIpc) is 3.04. The first-order valence-electron chi connectivity index (χ1n) is 6.14. The summed E-state index contributed by atoms with van der Waals surface area (Å²) in [4.78, 5) is 10.2. The number of non-ortho nitro benzene ring substituents is 1. The molecule has 0 aliphatic heterocycles. The Balaban J connectivity index is 2.01. The van der Waals surface area contributed by atoms with Crippen LogP contribution in [0.2, 0.25) is 0 Å². The number of aromatic nitrogens is 4. The minimum atomic E-state index is -0.442. The highest BCUT2D eigenvalue weighted by molar-refractivity contribution is 5.69. The molecule has 2 aromatic heterocycles. The molecule has 21 heavy (non-hydrogen) atoms. The van der Waals surface area contributed by atoms with Gasteiger partial charge < -0.3 is 5.73 Å². The number of nitro benzene ring substituents is 1. The van der Waals surface area contributed by atoms with Crippen molar-refractivity contribution in [1.29, 1.82) is 0 Å². The second-order valence-electron chi connectivity index (χ2n) is 4.49. The van der Waals surface area contributed by atoms with Gasteiger partial charge in [-0.1, -0.05) is 0 Å². The number of hydrogen-bond acceptors (Lipinski definition) is 5. The lowest BCUT2D eigenvalue weighted by molar-refractivity contribution is -0.384. The van der Waals surface area contributed by atoms with Crippen LogP contribution in [0.25, 0.3) is 17.1 Å². The molecule has 2 heterocycles. The van der Waals surface area contributed by atoms with E-state index in [0.717, 1.165) is 5.69 Å². The zero-order valence-electron chi connectivity index (χ0n) is 11.2. The van der Waals surface area contributed by atoms with Crippen molar-refractivity contribution in [3.8, 4) is 17.1 Å². The number of anilines is 1. The number of hydrogen-bond donors (Lipinski definition) is 1. The molecule has 0 bridgehead atoms. The topological polar surface area (TPSA) is 105 Å². The van der Waals surface area contributed by atoms with Crippen molar-refractivity contribution < 1.29 is 4.92 Å². The Morgan fingerprint density at radius 3 is 2.52 bits per heavy atom. The Labute approximate surface area is 119 Å². The number of rotatable bonds is 3. The number of nitrogens with zero attached hydrogens (tertiary/aromatic N) is 5. The van der Waals surface area contributed by atoms with E-state index in [4.69, 9.17) is 5.73 Å². The van der Waals surface area contributed by atoms with Gasteiger partial charge in [-0.15, -0.1) is 0 Å². The number of nitro groups is 1. The maximum absolute atomic E-state index is 10.7. The van der Waals surface area contributed by atoms with Crippen LogP contribution in [0.5, 0.6) is 0 Å². The average molecular weight is 284 g/mol. The van der Waals surface area contributed by atoms with E-state index < -0.39 is 4.92 Å². The van der Waals surface area contributed by atoms with Gasteiger partial charge in [0.2, 0.25) is 0 Å². The first-order valence-corrected chi connectivity index (χ1v) is 6.14. The minimum absolute atomic E-state index is 0.0331. The lowest BCUT2D eigenvalue weighted by Gasteiger charge is -2.01. The molecule has 8 heteroatoms. The quantitative estimate of drug-likeness (QED) is 0.582. The van der Waals surface area contributed by atoms with Crippen LogP contribution in [0, 0.1) is 10.1 Å². The molecule has 0 amide bonds. The molecule has 0 saturated carbocycles. The van der Waals surface area contributed by atoms with Gasteiger partial charge >= 0.3 is 0 Å². The van der Waals surface area contributed by atoms with Gasteiger partial charge in [0.05, 0.1) is 28.2 Å². The molecule has 0 atom stereocenters. The van der Waals surface area contributed by atoms with Crippen LogP contribution in [0.4, 0.5) is 11.4 Å². The summed E-state index contributed by atoms with van der Waals surface area (Å²) in [5, 5.41) is 19.2. The van der Waals surface area contributed by atoms with E-state index in [9.17, 15) is 10.1 Å². The van der Waals surface area contributed by atoms with Gasteiger partial charge in [0.25, 0.3) is 5.69 Å². The third-order valence-corrected chi connectivity index (χ3v) is 3.13. The number of nitrogen functional groups attached to an aromatic ring is 1. The largest absolute Gasteiger partial charge is 0.396 e. The zero-order chi connectivity index (χ0) is 15.0. The molecule has 2 N–H and O–H groups in total. The van der Waals surface area contributed by atoms with E-state index in [1.807, 2.05) is 6.07 Å². The fraction of sp³-hybridized carbons (Fsp3) is 0.0769. The second kappa shape index (κ2) is 4.75. The first kappa shape index (κ1) is 12.9. The Morgan fingerprint density at radius 1 is 1.24 bits per heavy atom. The predicted octanol–water partition coefficient (Wildman–Crippen LogP) is 1.76. The van der Waals surface area contributed by atoms with E-state index in [0.29, 0.717) is 17.1 Å². The van der Waals surface area contributed by atoms with Gasteiger partial charge in [-0.25, -0.2) is 4.68 Å². The smallest absolute Gasteiger partial charge is 0.269 e.